The molecule has 1 heterocycles. The molecule has 0 unspecified atom stereocenters. The Morgan fingerprint density at radius 1 is 0.886 bits per heavy atom. The SMILES string of the molecule is CN1CCC(N(C(=O)OCc2ccccc2)C(CCCCCCCO)CCCCCCCO)CC1. The van der Waals surface area contributed by atoms with E-state index in [9.17, 15) is 4.79 Å². The molecule has 1 fully saturated rings. The molecular formula is C29H50N2O4. The fraction of sp³-hybridized carbons (Fsp3) is 0.759. The Balaban J connectivity index is 2.03. The standard InChI is InChI=1S/C29H50N2O4/c1-30-21-19-28(20-22-30)31(29(34)35-25-26-15-9-8-10-16-26)27(17-11-4-2-6-13-23-32)18-12-5-3-7-14-24-33/h8-10,15-16,27-28,32-33H,2-7,11-14,17-25H2,1H3. The molecule has 0 bridgehead atoms. The number of carbonyl (C=O) groups is 1. The summed E-state index contributed by atoms with van der Waals surface area (Å²) in [4.78, 5) is 18.0. The van der Waals surface area contributed by atoms with Gasteiger partial charge in [-0.3, -0.25) is 0 Å². The van der Waals surface area contributed by atoms with Crippen molar-refractivity contribution in [3.63, 3.8) is 0 Å². The summed E-state index contributed by atoms with van der Waals surface area (Å²) in [7, 11) is 2.16. The first-order valence-electron chi connectivity index (χ1n) is 14.0. The number of carbonyl (C=O) groups excluding carboxylic acids is 1. The minimum absolute atomic E-state index is 0.158. The Hall–Kier alpha value is -1.63. The number of rotatable bonds is 18. The van der Waals surface area contributed by atoms with Gasteiger partial charge in [-0.05, 0) is 64.2 Å². The van der Waals surface area contributed by atoms with Gasteiger partial charge in [-0.1, -0.05) is 81.7 Å². The highest BCUT2D eigenvalue weighted by molar-refractivity contribution is 5.68. The highest BCUT2D eigenvalue weighted by atomic mass is 16.6. The number of hydrogen-bond acceptors (Lipinski definition) is 5. The molecule has 1 aliphatic rings. The lowest BCUT2D eigenvalue weighted by atomic mass is 9.95. The van der Waals surface area contributed by atoms with E-state index in [1.165, 1.54) is 0 Å². The van der Waals surface area contributed by atoms with Gasteiger partial charge in [-0.15, -0.1) is 0 Å². The second kappa shape index (κ2) is 18.6. The molecule has 6 nitrogen and oxygen atoms in total. The minimum Gasteiger partial charge on any atom is -0.445 e. The third kappa shape index (κ3) is 12.2. The molecule has 35 heavy (non-hydrogen) atoms. The van der Waals surface area contributed by atoms with E-state index in [2.05, 4.69) is 16.8 Å². The zero-order valence-corrected chi connectivity index (χ0v) is 22.1. The number of piperidine rings is 1. The Kier molecular flexibility index (Phi) is 15.7. The van der Waals surface area contributed by atoms with E-state index in [1.807, 2.05) is 30.3 Å². The molecule has 0 spiro atoms. The van der Waals surface area contributed by atoms with E-state index in [0.29, 0.717) is 6.61 Å². The van der Waals surface area contributed by atoms with E-state index < -0.39 is 0 Å². The maximum Gasteiger partial charge on any atom is 0.410 e. The molecule has 1 aromatic rings. The van der Waals surface area contributed by atoms with Gasteiger partial charge in [0.15, 0.2) is 0 Å². The van der Waals surface area contributed by atoms with Crippen LogP contribution in [0.4, 0.5) is 4.79 Å². The summed E-state index contributed by atoms with van der Waals surface area (Å²) in [6.07, 6.45) is 14.6. The number of hydrogen-bond donors (Lipinski definition) is 2. The molecule has 1 aromatic carbocycles. The molecule has 2 N–H and O–H groups in total. The van der Waals surface area contributed by atoms with Crippen LogP contribution in [0.25, 0.3) is 0 Å². The molecule has 0 aliphatic carbocycles. The second-order valence-corrected chi connectivity index (χ2v) is 10.2. The summed E-state index contributed by atoms with van der Waals surface area (Å²) < 4.78 is 5.89. The van der Waals surface area contributed by atoms with Gasteiger partial charge in [-0.25, -0.2) is 4.79 Å². The van der Waals surface area contributed by atoms with Crippen molar-refractivity contribution >= 4 is 6.09 Å². The lowest BCUT2D eigenvalue weighted by Crippen LogP contribution is -2.51. The van der Waals surface area contributed by atoms with Crippen LogP contribution in [-0.4, -0.2) is 71.5 Å². The zero-order chi connectivity index (χ0) is 25.1. The number of amides is 1. The molecule has 2 rings (SSSR count). The van der Waals surface area contributed by atoms with Gasteiger partial charge in [0, 0.05) is 25.3 Å². The average Bonchev–Trinajstić information content (AvgIpc) is 2.88. The van der Waals surface area contributed by atoms with E-state index in [-0.39, 0.29) is 31.4 Å². The molecule has 1 aliphatic heterocycles. The highest BCUT2D eigenvalue weighted by Crippen LogP contribution is 2.26. The van der Waals surface area contributed by atoms with Crippen molar-refractivity contribution in [2.45, 2.75) is 109 Å². The number of unbranched alkanes of at least 4 members (excludes halogenated alkanes) is 8. The van der Waals surface area contributed by atoms with Crippen LogP contribution in [0.1, 0.15) is 95.5 Å². The maximum atomic E-state index is 13.5. The normalized spacial score (nSPS) is 15.0. The summed E-state index contributed by atoms with van der Waals surface area (Å²) in [6, 6.07) is 10.4. The monoisotopic (exact) mass is 490 g/mol. The molecule has 6 heteroatoms. The van der Waals surface area contributed by atoms with Gasteiger partial charge in [0.2, 0.25) is 0 Å². The molecule has 0 saturated carbocycles. The smallest absolute Gasteiger partial charge is 0.410 e. The van der Waals surface area contributed by atoms with Crippen molar-refractivity contribution in [2.75, 3.05) is 33.4 Å². The van der Waals surface area contributed by atoms with Gasteiger partial charge in [0.1, 0.15) is 6.61 Å². The summed E-state index contributed by atoms with van der Waals surface area (Å²) in [5.41, 5.74) is 1.02. The third-order valence-corrected chi connectivity index (χ3v) is 7.28. The predicted molar refractivity (Wildman–Crippen MR) is 142 cm³/mol. The van der Waals surface area contributed by atoms with Gasteiger partial charge in [0.25, 0.3) is 0 Å². The molecule has 1 amide bonds. The van der Waals surface area contributed by atoms with Crippen LogP contribution in [0.3, 0.4) is 0 Å². The molecule has 0 radical (unpaired) electrons. The second-order valence-electron chi connectivity index (χ2n) is 10.2. The van der Waals surface area contributed by atoms with Gasteiger partial charge >= 0.3 is 6.09 Å². The van der Waals surface area contributed by atoms with Crippen LogP contribution >= 0.6 is 0 Å². The maximum absolute atomic E-state index is 13.5. The fourth-order valence-electron chi connectivity index (χ4n) is 5.13. The molecule has 0 atom stereocenters. The van der Waals surface area contributed by atoms with Crippen molar-refractivity contribution < 1.29 is 19.7 Å². The summed E-state index contributed by atoms with van der Waals surface area (Å²) in [5, 5.41) is 18.1. The number of nitrogens with zero attached hydrogens (tertiary/aromatic N) is 2. The number of likely N-dealkylation sites (tertiary alicyclic amines) is 1. The van der Waals surface area contributed by atoms with Crippen LogP contribution in [0.15, 0.2) is 30.3 Å². The average molecular weight is 491 g/mol. The lowest BCUT2D eigenvalue weighted by Gasteiger charge is -2.41. The van der Waals surface area contributed by atoms with E-state index in [1.54, 1.807) is 0 Å². The largest absolute Gasteiger partial charge is 0.445 e. The number of aliphatic hydroxyl groups excluding tert-OH is 2. The lowest BCUT2D eigenvalue weighted by molar-refractivity contribution is 0.0377. The van der Waals surface area contributed by atoms with Crippen LogP contribution in [-0.2, 0) is 11.3 Å². The van der Waals surface area contributed by atoms with Crippen LogP contribution in [0, 0.1) is 0 Å². The topological polar surface area (TPSA) is 73.2 Å². The number of aliphatic hydroxyl groups is 2. The molecule has 1 saturated heterocycles. The highest BCUT2D eigenvalue weighted by Gasteiger charge is 2.33. The van der Waals surface area contributed by atoms with Crippen molar-refractivity contribution in [1.82, 2.24) is 9.80 Å². The van der Waals surface area contributed by atoms with Gasteiger partial charge in [-0.2, -0.15) is 0 Å². The molecular weight excluding hydrogens is 440 g/mol. The predicted octanol–water partition coefficient (Wildman–Crippen LogP) is 5.75. The Morgan fingerprint density at radius 2 is 1.40 bits per heavy atom. The van der Waals surface area contributed by atoms with Crippen molar-refractivity contribution in [3.05, 3.63) is 35.9 Å². The summed E-state index contributed by atoms with van der Waals surface area (Å²) in [6.45, 7) is 2.90. The first-order chi connectivity index (χ1) is 17.2. The van der Waals surface area contributed by atoms with Crippen molar-refractivity contribution in [1.29, 1.82) is 0 Å². The van der Waals surface area contributed by atoms with E-state index in [4.69, 9.17) is 14.9 Å². The quantitative estimate of drug-likeness (QED) is 0.256. The third-order valence-electron chi connectivity index (χ3n) is 7.28. The first kappa shape index (κ1) is 29.6. The fourth-order valence-corrected chi connectivity index (χ4v) is 5.13. The summed E-state index contributed by atoms with van der Waals surface area (Å²) >= 11 is 0. The first-order valence-corrected chi connectivity index (χ1v) is 14.0. The van der Waals surface area contributed by atoms with E-state index >= 15 is 0 Å². The van der Waals surface area contributed by atoms with E-state index in [0.717, 1.165) is 109 Å². The Labute approximate surface area is 213 Å². The van der Waals surface area contributed by atoms with Gasteiger partial charge < -0.3 is 24.7 Å². The molecule has 0 aromatic heterocycles. The van der Waals surface area contributed by atoms with Crippen molar-refractivity contribution in [2.24, 2.45) is 0 Å². The zero-order valence-electron chi connectivity index (χ0n) is 22.1. The number of ether oxygens (including phenoxy) is 1. The van der Waals surface area contributed by atoms with Crippen molar-refractivity contribution in [3.8, 4) is 0 Å². The summed E-state index contributed by atoms with van der Waals surface area (Å²) in [5.74, 6) is 0. The number of benzene rings is 1. The van der Waals surface area contributed by atoms with Crippen LogP contribution < -0.4 is 0 Å². The minimum atomic E-state index is -0.158. The van der Waals surface area contributed by atoms with Crippen LogP contribution in [0.2, 0.25) is 0 Å². The molecule has 200 valence electrons. The Bertz CT molecular complexity index is 633. The Morgan fingerprint density at radius 3 is 1.94 bits per heavy atom. The van der Waals surface area contributed by atoms with Gasteiger partial charge in [0.05, 0.1) is 0 Å². The van der Waals surface area contributed by atoms with Crippen LogP contribution in [0.5, 0.6) is 0 Å².